The lowest BCUT2D eigenvalue weighted by molar-refractivity contribution is 0.0771. The van der Waals surface area contributed by atoms with E-state index >= 15 is 0 Å². The summed E-state index contributed by atoms with van der Waals surface area (Å²) in [5, 5.41) is 3.45. The Morgan fingerprint density at radius 1 is 1.09 bits per heavy atom. The van der Waals surface area contributed by atoms with Gasteiger partial charge in [-0.1, -0.05) is 18.2 Å². The number of nitrogens with one attached hydrogen (secondary N) is 1. The fourth-order valence-electron chi connectivity index (χ4n) is 5.02. The van der Waals surface area contributed by atoms with E-state index in [1.807, 2.05) is 36.9 Å². The Hall–Kier alpha value is -2.79. The van der Waals surface area contributed by atoms with Gasteiger partial charge < -0.3 is 19.7 Å². The van der Waals surface area contributed by atoms with Crippen LogP contribution in [-0.4, -0.2) is 48.7 Å². The number of benzene rings is 2. The Morgan fingerprint density at radius 3 is 2.45 bits per heavy atom. The molecule has 2 aromatic rings. The molecule has 0 aromatic heterocycles. The zero-order valence-corrected chi connectivity index (χ0v) is 19.7. The predicted molar refractivity (Wildman–Crippen MR) is 131 cm³/mol. The summed E-state index contributed by atoms with van der Waals surface area (Å²) in [4.78, 5) is 14.7. The molecule has 2 fully saturated rings. The van der Waals surface area contributed by atoms with E-state index in [-0.39, 0.29) is 11.5 Å². The third-order valence-corrected chi connectivity index (χ3v) is 7.27. The van der Waals surface area contributed by atoms with Gasteiger partial charge in [-0.05, 0) is 87.7 Å². The van der Waals surface area contributed by atoms with E-state index in [1.165, 1.54) is 6.42 Å². The van der Waals surface area contributed by atoms with Gasteiger partial charge in [-0.15, -0.1) is 0 Å². The van der Waals surface area contributed by atoms with Gasteiger partial charge in [-0.2, -0.15) is 0 Å². The zero-order valence-electron chi connectivity index (χ0n) is 19.7. The van der Waals surface area contributed by atoms with Crippen LogP contribution in [0.4, 0.5) is 0 Å². The highest BCUT2D eigenvalue weighted by Crippen LogP contribution is 2.47. The molecule has 0 atom stereocenters. The molecule has 5 heteroatoms. The highest BCUT2D eigenvalue weighted by atomic mass is 16.5. The number of amides is 1. The van der Waals surface area contributed by atoms with Crippen LogP contribution in [0.3, 0.4) is 0 Å². The molecular weight excluding hydrogens is 412 g/mol. The predicted octanol–water partition coefficient (Wildman–Crippen LogP) is 5.05. The second-order valence-corrected chi connectivity index (χ2v) is 9.33. The number of hydrogen-bond donors (Lipinski definition) is 1. The second-order valence-electron chi connectivity index (χ2n) is 9.33. The van der Waals surface area contributed by atoms with Crippen LogP contribution in [-0.2, 0) is 0 Å². The van der Waals surface area contributed by atoms with E-state index in [9.17, 15) is 4.79 Å². The molecule has 1 spiro atoms. The summed E-state index contributed by atoms with van der Waals surface area (Å²) in [7, 11) is 0. The molecule has 1 saturated heterocycles. The molecule has 1 amide bonds. The molecule has 1 saturated carbocycles. The highest BCUT2D eigenvalue weighted by molar-refractivity contribution is 5.95. The molecule has 3 aliphatic rings. The zero-order chi connectivity index (χ0) is 22.8. The first kappa shape index (κ1) is 22.0. The summed E-state index contributed by atoms with van der Waals surface area (Å²) < 4.78 is 13.1. The molecule has 2 aromatic carbocycles. The van der Waals surface area contributed by atoms with Crippen LogP contribution in [0.2, 0.25) is 0 Å². The van der Waals surface area contributed by atoms with E-state index in [1.54, 1.807) is 0 Å². The summed E-state index contributed by atoms with van der Waals surface area (Å²) in [6.07, 6.45) is 7.93. The van der Waals surface area contributed by atoms with Crippen molar-refractivity contribution in [2.24, 2.45) is 0 Å². The van der Waals surface area contributed by atoms with Gasteiger partial charge in [0.25, 0.3) is 5.91 Å². The highest BCUT2D eigenvalue weighted by Gasteiger charge is 2.38. The lowest BCUT2D eigenvalue weighted by atomic mass is 9.83. The number of rotatable bonds is 6. The topological polar surface area (TPSA) is 50.8 Å². The van der Waals surface area contributed by atoms with E-state index in [0.717, 1.165) is 72.5 Å². The first-order valence-electron chi connectivity index (χ1n) is 12.4. The van der Waals surface area contributed by atoms with Crippen LogP contribution >= 0.6 is 0 Å². The van der Waals surface area contributed by atoms with Crippen LogP contribution in [0.5, 0.6) is 11.5 Å². The first-order valence-corrected chi connectivity index (χ1v) is 12.4. The normalized spacial score (nSPS) is 19.2. The molecule has 33 heavy (non-hydrogen) atoms. The minimum atomic E-state index is -0.307. The van der Waals surface area contributed by atoms with Crippen LogP contribution in [0.25, 0.3) is 5.57 Å². The maximum atomic E-state index is 12.8. The summed E-state index contributed by atoms with van der Waals surface area (Å²) in [5.41, 5.74) is 3.70. The molecule has 174 valence electrons. The van der Waals surface area contributed by atoms with E-state index in [0.29, 0.717) is 19.2 Å². The van der Waals surface area contributed by atoms with Crippen molar-refractivity contribution in [3.8, 4) is 11.5 Å². The average molecular weight is 447 g/mol. The molecule has 1 aliphatic carbocycles. The lowest BCUT2D eigenvalue weighted by Gasteiger charge is -2.40. The van der Waals surface area contributed by atoms with Crippen LogP contribution in [0.1, 0.15) is 67.4 Å². The number of piperidine rings is 1. The van der Waals surface area contributed by atoms with Crippen molar-refractivity contribution in [3.63, 3.8) is 0 Å². The van der Waals surface area contributed by atoms with Crippen molar-refractivity contribution < 1.29 is 14.3 Å². The van der Waals surface area contributed by atoms with Crippen molar-refractivity contribution in [1.29, 1.82) is 0 Å². The Morgan fingerprint density at radius 2 is 1.82 bits per heavy atom. The third kappa shape index (κ3) is 4.26. The van der Waals surface area contributed by atoms with Crippen LogP contribution in [0.15, 0.2) is 48.5 Å². The molecule has 5 rings (SSSR count). The molecule has 0 bridgehead atoms. The Bertz CT molecular complexity index is 1030. The second kappa shape index (κ2) is 9.22. The number of carbonyl (C=O) groups is 1. The molecular formula is C28H34N2O3. The molecule has 0 radical (unpaired) electrons. The van der Waals surface area contributed by atoms with Gasteiger partial charge in [-0.3, -0.25) is 4.79 Å². The van der Waals surface area contributed by atoms with E-state index in [2.05, 4.69) is 35.7 Å². The summed E-state index contributed by atoms with van der Waals surface area (Å²) in [6, 6.07) is 14.2. The van der Waals surface area contributed by atoms with Crippen LogP contribution < -0.4 is 14.8 Å². The van der Waals surface area contributed by atoms with Crippen LogP contribution in [0, 0.1) is 0 Å². The van der Waals surface area contributed by atoms with Gasteiger partial charge in [-0.25, -0.2) is 0 Å². The first-order chi connectivity index (χ1) is 16.1. The molecule has 5 nitrogen and oxygen atoms in total. The van der Waals surface area contributed by atoms with E-state index < -0.39 is 0 Å². The largest absolute Gasteiger partial charge is 0.490 e. The molecule has 2 heterocycles. The summed E-state index contributed by atoms with van der Waals surface area (Å²) in [6.45, 7) is 7.34. The Kier molecular flexibility index (Phi) is 6.15. The summed E-state index contributed by atoms with van der Waals surface area (Å²) >= 11 is 0. The van der Waals surface area contributed by atoms with Gasteiger partial charge in [0.1, 0.15) is 17.1 Å². The van der Waals surface area contributed by atoms with Crippen molar-refractivity contribution in [2.75, 3.05) is 26.2 Å². The Labute approximate surface area is 196 Å². The Balaban J connectivity index is 1.54. The maximum Gasteiger partial charge on any atom is 0.253 e. The minimum Gasteiger partial charge on any atom is -0.490 e. The number of carbonyl (C=O) groups excluding carboxylic acids is 1. The van der Waals surface area contributed by atoms with Crippen molar-refractivity contribution >= 4 is 11.5 Å². The number of hydrogen-bond acceptors (Lipinski definition) is 4. The summed E-state index contributed by atoms with van der Waals surface area (Å²) in [5.74, 6) is 1.88. The fraction of sp³-hybridized carbons (Fsp3) is 0.464. The van der Waals surface area contributed by atoms with Crippen molar-refractivity contribution in [1.82, 2.24) is 10.2 Å². The van der Waals surface area contributed by atoms with Crippen molar-refractivity contribution in [3.05, 3.63) is 65.2 Å². The molecule has 2 aliphatic heterocycles. The smallest absolute Gasteiger partial charge is 0.253 e. The maximum absolute atomic E-state index is 12.8. The third-order valence-electron chi connectivity index (χ3n) is 7.27. The van der Waals surface area contributed by atoms with Gasteiger partial charge in [0, 0.05) is 31.5 Å². The van der Waals surface area contributed by atoms with Gasteiger partial charge >= 0.3 is 0 Å². The number of ether oxygens (including phenoxy) is 2. The number of nitrogens with zero attached hydrogens (tertiary/aromatic N) is 1. The van der Waals surface area contributed by atoms with Gasteiger partial charge in [0.15, 0.2) is 0 Å². The quantitative estimate of drug-likeness (QED) is 0.675. The lowest BCUT2D eigenvalue weighted by Crippen LogP contribution is -2.46. The minimum absolute atomic E-state index is 0.0803. The standard InChI is InChI=1S/C28H34N2O3/c1-3-30(4-2)27(31)21-13-11-20(12-14-21)23-19-28(15-17-29-18-16-28)33-25-10-6-9-24(26(23)25)32-22-7-5-8-22/h6,9-14,19,22,29H,3-5,7-8,15-18H2,1-2H3. The number of fused-ring (bicyclic) bond motifs is 1. The SMILES string of the molecule is CCN(CC)C(=O)c1ccc(C2=CC3(CCNCC3)Oc3cccc(OC4CCC4)c32)cc1. The van der Waals surface area contributed by atoms with E-state index in [4.69, 9.17) is 9.47 Å². The fourth-order valence-corrected chi connectivity index (χ4v) is 5.02. The van der Waals surface area contributed by atoms with Gasteiger partial charge in [0.2, 0.25) is 0 Å². The monoisotopic (exact) mass is 446 g/mol. The average Bonchev–Trinajstić information content (AvgIpc) is 2.82. The van der Waals surface area contributed by atoms with Gasteiger partial charge in [0.05, 0.1) is 11.7 Å². The molecule has 1 N–H and O–H groups in total. The molecule has 0 unspecified atom stereocenters. The van der Waals surface area contributed by atoms with Crippen molar-refractivity contribution in [2.45, 2.75) is 57.7 Å².